The van der Waals surface area contributed by atoms with Gasteiger partial charge in [-0.3, -0.25) is 14.9 Å². The molecule has 0 spiro atoms. The lowest BCUT2D eigenvalue weighted by Gasteiger charge is -2.32. The summed E-state index contributed by atoms with van der Waals surface area (Å²) in [6.07, 6.45) is 3.65. The number of para-hydroxylation sites is 2. The third-order valence-electron chi connectivity index (χ3n) is 4.81. The third-order valence-corrected chi connectivity index (χ3v) is 4.81. The van der Waals surface area contributed by atoms with Crippen LogP contribution in [0.2, 0.25) is 0 Å². The molecule has 1 aromatic rings. The van der Waals surface area contributed by atoms with Gasteiger partial charge >= 0.3 is 0 Å². The SMILES string of the molecule is O=C(NC[C@H]1CCCO1)C1CCN(c2ccccc2[N+](=O)[O-])CC1. The minimum absolute atomic E-state index is 0.0228. The fourth-order valence-corrected chi connectivity index (χ4v) is 3.43. The quantitative estimate of drug-likeness (QED) is 0.659. The van der Waals surface area contributed by atoms with Crippen molar-refractivity contribution >= 4 is 17.3 Å². The Morgan fingerprint density at radius 2 is 2.04 bits per heavy atom. The van der Waals surface area contributed by atoms with Crippen LogP contribution in [0.15, 0.2) is 24.3 Å². The van der Waals surface area contributed by atoms with Crippen LogP contribution in [0.1, 0.15) is 25.7 Å². The van der Waals surface area contributed by atoms with E-state index in [0.29, 0.717) is 38.2 Å². The Kier molecular flexibility index (Phi) is 5.30. The van der Waals surface area contributed by atoms with Crippen molar-refractivity contribution < 1.29 is 14.5 Å². The Balaban J connectivity index is 1.52. The number of piperidine rings is 1. The summed E-state index contributed by atoms with van der Waals surface area (Å²) < 4.78 is 5.51. The molecule has 0 unspecified atom stereocenters. The van der Waals surface area contributed by atoms with Crippen molar-refractivity contribution in [3.05, 3.63) is 34.4 Å². The molecule has 1 amide bonds. The van der Waals surface area contributed by atoms with Crippen molar-refractivity contribution in [1.82, 2.24) is 5.32 Å². The number of hydrogen-bond acceptors (Lipinski definition) is 5. The van der Waals surface area contributed by atoms with Gasteiger partial charge in [-0.1, -0.05) is 12.1 Å². The molecule has 7 heteroatoms. The maximum Gasteiger partial charge on any atom is 0.292 e. The Bertz CT molecular complexity index is 593. The van der Waals surface area contributed by atoms with Crippen LogP contribution < -0.4 is 10.2 Å². The molecular weight excluding hydrogens is 310 g/mol. The summed E-state index contributed by atoms with van der Waals surface area (Å²) in [5.41, 5.74) is 0.763. The molecule has 2 fully saturated rings. The van der Waals surface area contributed by atoms with Gasteiger partial charge in [0.15, 0.2) is 0 Å². The van der Waals surface area contributed by atoms with Gasteiger partial charge in [-0.15, -0.1) is 0 Å². The van der Waals surface area contributed by atoms with Crippen LogP contribution in [0.3, 0.4) is 0 Å². The first-order chi connectivity index (χ1) is 11.6. The normalized spacial score (nSPS) is 21.7. The summed E-state index contributed by atoms with van der Waals surface area (Å²) in [6, 6.07) is 6.78. The predicted octanol–water partition coefficient (Wildman–Crippen LogP) is 2.11. The molecule has 0 radical (unpaired) electrons. The van der Waals surface area contributed by atoms with Crippen LogP contribution in [-0.4, -0.2) is 43.2 Å². The van der Waals surface area contributed by atoms with Gasteiger partial charge in [0.1, 0.15) is 5.69 Å². The van der Waals surface area contributed by atoms with Gasteiger partial charge in [-0.25, -0.2) is 0 Å². The number of nitro groups is 1. The van der Waals surface area contributed by atoms with Crippen LogP contribution in [0.4, 0.5) is 11.4 Å². The molecule has 1 aromatic carbocycles. The maximum absolute atomic E-state index is 12.3. The van der Waals surface area contributed by atoms with Crippen LogP contribution in [-0.2, 0) is 9.53 Å². The molecule has 2 aliphatic heterocycles. The van der Waals surface area contributed by atoms with Gasteiger partial charge in [-0.05, 0) is 31.7 Å². The van der Waals surface area contributed by atoms with Crippen molar-refractivity contribution in [3.63, 3.8) is 0 Å². The highest BCUT2D eigenvalue weighted by Crippen LogP contribution is 2.31. The number of carbonyl (C=O) groups excluding carboxylic acids is 1. The lowest BCUT2D eigenvalue weighted by molar-refractivity contribution is -0.384. The molecule has 0 saturated carbocycles. The third kappa shape index (κ3) is 3.84. The zero-order valence-corrected chi connectivity index (χ0v) is 13.6. The fraction of sp³-hybridized carbons (Fsp3) is 0.588. The highest BCUT2D eigenvalue weighted by molar-refractivity contribution is 5.79. The molecule has 24 heavy (non-hydrogen) atoms. The van der Waals surface area contributed by atoms with Crippen molar-refractivity contribution in [2.75, 3.05) is 31.1 Å². The lowest BCUT2D eigenvalue weighted by atomic mass is 9.95. The molecule has 0 bridgehead atoms. The first-order valence-electron chi connectivity index (χ1n) is 8.53. The van der Waals surface area contributed by atoms with E-state index in [9.17, 15) is 14.9 Å². The molecular formula is C17H23N3O4. The summed E-state index contributed by atoms with van der Waals surface area (Å²) in [5, 5.41) is 14.1. The number of anilines is 1. The molecule has 7 nitrogen and oxygen atoms in total. The smallest absolute Gasteiger partial charge is 0.292 e. The Labute approximate surface area is 141 Å². The average molecular weight is 333 g/mol. The van der Waals surface area contributed by atoms with Gasteiger partial charge in [0.25, 0.3) is 5.69 Å². The monoisotopic (exact) mass is 333 g/mol. The van der Waals surface area contributed by atoms with E-state index < -0.39 is 0 Å². The number of nitrogens with one attached hydrogen (secondary N) is 1. The van der Waals surface area contributed by atoms with E-state index in [0.717, 1.165) is 19.4 Å². The number of nitro benzene ring substituents is 1. The Hall–Kier alpha value is -2.15. The average Bonchev–Trinajstić information content (AvgIpc) is 3.13. The number of ether oxygens (including phenoxy) is 1. The largest absolute Gasteiger partial charge is 0.376 e. The van der Waals surface area contributed by atoms with Crippen molar-refractivity contribution in [2.45, 2.75) is 31.8 Å². The summed E-state index contributed by atoms with van der Waals surface area (Å²) in [4.78, 5) is 25.1. The minimum Gasteiger partial charge on any atom is -0.376 e. The van der Waals surface area contributed by atoms with Crippen LogP contribution in [0.25, 0.3) is 0 Å². The maximum atomic E-state index is 12.3. The zero-order valence-electron chi connectivity index (χ0n) is 13.6. The summed E-state index contributed by atoms with van der Waals surface area (Å²) in [7, 11) is 0. The molecule has 130 valence electrons. The first kappa shape index (κ1) is 16.7. The summed E-state index contributed by atoms with van der Waals surface area (Å²) >= 11 is 0. The highest BCUT2D eigenvalue weighted by Gasteiger charge is 2.28. The van der Waals surface area contributed by atoms with Gasteiger partial charge < -0.3 is 15.0 Å². The highest BCUT2D eigenvalue weighted by atomic mass is 16.6. The summed E-state index contributed by atoms with van der Waals surface area (Å²) in [6.45, 7) is 2.68. The summed E-state index contributed by atoms with van der Waals surface area (Å²) in [5.74, 6) is 0.0538. The zero-order chi connectivity index (χ0) is 16.9. The second-order valence-electron chi connectivity index (χ2n) is 6.39. The van der Waals surface area contributed by atoms with Crippen LogP contribution in [0, 0.1) is 16.0 Å². The Morgan fingerprint density at radius 3 is 2.71 bits per heavy atom. The van der Waals surface area contributed by atoms with E-state index in [1.165, 1.54) is 6.07 Å². The van der Waals surface area contributed by atoms with Gasteiger partial charge in [-0.2, -0.15) is 0 Å². The van der Waals surface area contributed by atoms with Crippen LogP contribution in [0.5, 0.6) is 0 Å². The number of nitrogens with zero attached hydrogens (tertiary/aromatic N) is 2. The van der Waals surface area contributed by atoms with E-state index in [-0.39, 0.29) is 28.5 Å². The van der Waals surface area contributed by atoms with Crippen molar-refractivity contribution in [2.24, 2.45) is 5.92 Å². The van der Waals surface area contributed by atoms with Gasteiger partial charge in [0.2, 0.25) is 5.91 Å². The Morgan fingerprint density at radius 1 is 1.29 bits per heavy atom. The number of benzene rings is 1. The fourth-order valence-electron chi connectivity index (χ4n) is 3.43. The molecule has 0 aliphatic carbocycles. The predicted molar refractivity (Wildman–Crippen MR) is 90.0 cm³/mol. The standard InChI is InChI=1S/C17H23N3O4/c21-17(18-12-14-4-3-11-24-14)13-7-9-19(10-8-13)15-5-1-2-6-16(15)20(22)23/h1-2,5-6,13-14H,3-4,7-12H2,(H,18,21)/t14-/m1/s1. The molecule has 1 N–H and O–H groups in total. The molecule has 2 heterocycles. The topological polar surface area (TPSA) is 84.7 Å². The first-order valence-corrected chi connectivity index (χ1v) is 8.53. The number of hydrogen-bond donors (Lipinski definition) is 1. The molecule has 3 rings (SSSR count). The van der Waals surface area contributed by atoms with Gasteiger partial charge in [0.05, 0.1) is 11.0 Å². The second-order valence-corrected chi connectivity index (χ2v) is 6.39. The van der Waals surface area contributed by atoms with Gasteiger partial charge in [0, 0.05) is 38.2 Å². The second kappa shape index (κ2) is 7.61. The molecule has 0 aromatic heterocycles. The van der Waals surface area contributed by atoms with E-state index in [2.05, 4.69) is 5.32 Å². The molecule has 2 saturated heterocycles. The van der Waals surface area contributed by atoms with E-state index in [1.54, 1.807) is 12.1 Å². The number of carbonyl (C=O) groups is 1. The molecule has 2 aliphatic rings. The lowest BCUT2D eigenvalue weighted by Crippen LogP contribution is -2.42. The van der Waals surface area contributed by atoms with Crippen LogP contribution >= 0.6 is 0 Å². The molecule has 1 atom stereocenters. The number of rotatable bonds is 5. The van der Waals surface area contributed by atoms with Crippen molar-refractivity contribution in [3.8, 4) is 0 Å². The number of amides is 1. The van der Waals surface area contributed by atoms with E-state index in [1.807, 2.05) is 11.0 Å². The van der Waals surface area contributed by atoms with E-state index >= 15 is 0 Å². The van der Waals surface area contributed by atoms with Crippen molar-refractivity contribution in [1.29, 1.82) is 0 Å². The minimum atomic E-state index is -0.351. The van der Waals surface area contributed by atoms with E-state index in [4.69, 9.17) is 4.74 Å².